The number of carbonyl (C=O) groups excluding carboxylic acids is 1. The fourth-order valence-corrected chi connectivity index (χ4v) is 4.24. The largest absolute Gasteiger partial charge is 0.336 e. The summed E-state index contributed by atoms with van der Waals surface area (Å²) in [5.41, 5.74) is 3.00. The molecule has 1 saturated heterocycles. The second-order valence-electron chi connectivity index (χ2n) is 7.34. The number of carbonyl (C=O) groups is 1. The van der Waals surface area contributed by atoms with Crippen LogP contribution in [0.25, 0.3) is 0 Å². The van der Waals surface area contributed by atoms with Gasteiger partial charge in [-0.3, -0.25) is 9.69 Å². The van der Waals surface area contributed by atoms with Crippen LogP contribution in [0.15, 0.2) is 72.8 Å². The van der Waals surface area contributed by atoms with Gasteiger partial charge in [-0.25, -0.2) is 0 Å². The predicted octanol–water partition coefficient (Wildman–Crippen LogP) is 6.19. The minimum atomic E-state index is 0.0425. The molecule has 3 aromatic rings. The van der Waals surface area contributed by atoms with E-state index in [9.17, 15) is 4.79 Å². The second kappa shape index (κ2) is 9.40. The topological polar surface area (TPSA) is 23.6 Å². The molecule has 30 heavy (non-hydrogen) atoms. The maximum Gasteiger partial charge on any atom is 0.253 e. The third kappa shape index (κ3) is 4.81. The molecule has 0 spiro atoms. The molecule has 1 fully saturated rings. The van der Waals surface area contributed by atoms with Crippen molar-refractivity contribution in [2.75, 3.05) is 26.2 Å². The Hall–Kier alpha value is -2.04. The van der Waals surface area contributed by atoms with E-state index in [4.69, 9.17) is 34.8 Å². The lowest BCUT2D eigenvalue weighted by atomic mass is 9.96. The van der Waals surface area contributed by atoms with Crippen LogP contribution in [0.3, 0.4) is 0 Å². The zero-order valence-corrected chi connectivity index (χ0v) is 18.5. The zero-order chi connectivity index (χ0) is 21.1. The van der Waals surface area contributed by atoms with Crippen LogP contribution in [0, 0.1) is 0 Å². The Morgan fingerprint density at radius 1 is 0.633 bits per heavy atom. The van der Waals surface area contributed by atoms with Gasteiger partial charge in [-0.1, -0.05) is 59.1 Å². The summed E-state index contributed by atoms with van der Waals surface area (Å²) in [5.74, 6) is 0.0425. The van der Waals surface area contributed by atoms with Crippen molar-refractivity contribution >= 4 is 40.7 Å². The Labute approximate surface area is 191 Å². The molecule has 6 heteroatoms. The number of amides is 1. The predicted molar refractivity (Wildman–Crippen MR) is 124 cm³/mol. The molecular weight excluding hydrogens is 439 g/mol. The average molecular weight is 460 g/mol. The highest BCUT2D eigenvalue weighted by Gasteiger charge is 2.28. The van der Waals surface area contributed by atoms with Gasteiger partial charge in [0, 0.05) is 46.8 Å². The van der Waals surface area contributed by atoms with E-state index in [2.05, 4.69) is 29.2 Å². The Morgan fingerprint density at radius 2 is 1.03 bits per heavy atom. The molecule has 0 saturated carbocycles. The lowest BCUT2D eigenvalue weighted by Gasteiger charge is -2.40. The molecule has 0 bridgehead atoms. The summed E-state index contributed by atoms with van der Waals surface area (Å²) in [4.78, 5) is 17.1. The Balaban J connectivity index is 1.53. The first-order valence-electron chi connectivity index (χ1n) is 9.81. The van der Waals surface area contributed by atoms with Crippen LogP contribution >= 0.6 is 34.8 Å². The van der Waals surface area contributed by atoms with Crippen LogP contribution in [0.5, 0.6) is 0 Å². The molecule has 1 aliphatic heterocycles. The fourth-order valence-electron chi connectivity index (χ4n) is 3.86. The van der Waals surface area contributed by atoms with Crippen molar-refractivity contribution < 1.29 is 4.79 Å². The first-order chi connectivity index (χ1) is 14.5. The molecule has 3 nitrogen and oxygen atoms in total. The van der Waals surface area contributed by atoms with Gasteiger partial charge >= 0.3 is 0 Å². The maximum absolute atomic E-state index is 12.8. The van der Waals surface area contributed by atoms with Crippen LogP contribution in [0.1, 0.15) is 27.5 Å². The molecule has 0 atom stereocenters. The van der Waals surface area contributed by atoms with Crippen molar-refractivity contribution in [1.29, 1.82) is 0 Å². The van der Waals surface area contributed by atoms with E-state index >= 15 is 0 Å². The highest BCUT2D eigenvalue weighted by molar-refractivity contribution is 6.31. The molecule has 0 radical (unpaired) electrons. The molecule has 1 aliphatic rings. The number of benzene rings is 3. The normalized spacial score (nSPS) is 14.9. The Kier molecular flexibility index (Phi) is 6.64. The van der Waals surface area contributed by atoms with Gasteiger partial charge in [0.1, 0.15) is 0 Å². The fraction of sp³-hybridized carbons (Fsp3) is 0.208. The summed E-state index contributed by atoms with van der Waals surface area (Å²) in [6.07, 6.45) is 0. The van der Waals surface area contributed by atoms with E-state index < -0.39 is 0 Å². The van der Waals surface area contributed by atoms with Crippen molar-refractivity contribution in [3.63, 3.8) is 0 Å². The molecule has 1 amide bonds. The minimum Gasteiger partial charge on any atom is -0.336 e. The summed E-state index contributed by atoms with van der Waals surface area (Å²) < 4.78 is 0. The molecule has 154 valence electrons. The SMILES string of the molecule is O=C(c1ccc(Cl)cc1)N1CCN(C(c2ccc(Cl)cc2)c2ccc(Cl)cc2)CC1. The summed E-state index contributed by atoms with van der Waals surface area (Å²) in [5, 5.41) is 2.06. The standard InChI is InChI=1S/C24H21Cl3N2O/c25-20-7-1-17(2-8-20)23(18-3-9-21(26)10-4-18)28-13-15-29(16-14-28)24(30)19-5-11-22(27)12-6-19/h1-12,23H,13-16H2. The Bertz CT molecular complexity index is 951. The van der Waals surface area contributed by atoms with Crippen LogP contribution in [-0.4, -0.2) is 41.9 Å². The molecule has 0 N–H and O–H groups in total. The summed E-state index contributed by atoms with van der Waals surface area (Å²) in [7, 11) is 0. The van der Waals surface area contributed by atoms with E-state index in [1.54, 1.807) is 24.3 Å². The van der Waals surface area contributed by atoms with Crippen LogP contribution in [-0.2, 0) is 0 Å². The minimum absolute atomic E-state index is 0.0425. The molecule has 0 aromatic heterocycles. The molecule has 0 unspecified atom stereocenters. The lowest BCUT2D eigenvalue weighted by Crippen LogP contribution is -2.49. The highest BCUT2D eigenvalue weighted by Crippen LogP contribution is 2.31. The number of hydrogen-bond acceptors (Lipinski definition) is 2. The van der Waals surface area contributed by atoms with Crippen molar-refractivity contribution in [2.45, 2.75) is 6.04 Å². The number of hydrogen-bond donors (Lipinski definition) is 0. The van der Waals surface area contributed by atoms with Crippen LogP contribution in [0.2, 0.25) is 15.1 Å². The first kappa shape index (κ1) is 21.2. The van der Waals surface area contributed by atoms with Gasteiger partial charge in [-0.2, -0.15) is 0 Å². The zero-order valence-electron chi connectivity index (χ0n) is 16.3. The van der Waals surface area contributed by atoms with Crippen LogP contribution in [0.4, 0.5) is 0 Å². The lowest BCUT2D eigenvalue weighted by molar-refractivity contribution is 0.0597. The van der Waals surface area contributed by atoms with Crippen molar-refractivity contribution in [1.82, 2.24) is 9.80 Å². The third-order valence-electron chi connectivity index (χ3n) is 5.43. The van der Waals surface area contributed by atoms with Gasteiger partial charge in [-0.05, 0) is 59.7 Å². The molecule has 3 aromatic carbocycles. The maximum atomic E-state index is 12.8. The van der Waals surface area contributed by atoms with Crippen molar-refractivity contribution in [3.05, 3.63) is 105 Å². The third-order valence-corrected chi connectivity index (χ3v) is 6.19. The molecule has 4 rings (SSSR count). The van der Waals surface area contributed by atoms with Crippen molar-refractivity contribution in [3.8, 4) is 0 Å². The van der Waals surface area contributed by atoms with Gasteiger partial charge in [0.05, 0.1) is 6.04 Å². The van der Waals surface area contributed by atoms with Gasteiger partial charge in [0.2, 0.25) is 0 Å². The van der Waals surface area contributed by atoms with Crippen molar-refractivity contribution in [2.24, 2.45) is 0 Å². The number of piperazine rings is 1. The highest BCUT2D eigenvalue weighted by atomic mass is 35.5. The quantitative estimate of drug-likeness (QED) is 0.464. The molecule has 0 aliphatic carbocycles. The average Bonchev–Trinajstić information content (AvgIpc) is 2.77. The van der Waals surface area contributed by atoms with Crippen LogP contribution < -0.4 is 0 Å². The van der Waals surface area contributed by atoms with E-state index in [1.165, 1.54) is 11.1 Å². The number of halogens is 3. The van der Waals surface area contributed by atoms with E-state index in [-0.39, 0.29) is 11.9 Å². The summed E-state index contributed by atoms with van der Waals surface area (Å²) in [6.45, 7) is 2.88. The van der Waals surface area contributed by atoms with E-state index in [0.29, 0.717) is 33.7 Å². The first-order valence-corrected chi connectivity index (χ1v) is 10.9. The van der Waals surface area contributed by atoms with Gasteiger partial charge in [0.15, 0.2) is 0 Å². The second-order valence-corrected chi connectivity index (χ2v) is 8.65. The smallest absolute Gasteiger partial charge is 0.253 e. The van der Waals surface area contributed by atoms with E-state index in [1.807, 2.05) is 29.2 Å². The van der Waals surface area contributed by atoms with E-state index in [0.717, 1.165) is 13.1 Å². The van der Waals surface area contributed by atoms with Gasteiger partial charge in [0.25, 0.3) is 5.91 Å². The van der Waals surface area contributed by atoms with Gasteiger partial charge in [-0.15, -0.1) is 0 Å². The summed E-state index contributed by atoms with van der Waals surface area (Å²) >= 11 is 18.2. The monoisotopic (exact) mass is 458 g/mol. The number of rotatable bonds is 4. The Morgan fingerprint density at radius 3 is 1.47 bits per heavy atom. The molecular formula is C24H21Cl3N2O. The van der Waals surface area contributed by atoms with Gasteiger partial charge < -0.3 is 4.90 Å². The molecule has 1 heterocycles. The number of nitrogens with zero attached hydrogens (tertiary/aromatic N) is 2. The summed E-state index contributed by atoms with van der Waals surface area (Å²) in [6, 6.07) is 23.1.